The lowest BCUT2D eigenvalue weighted by molar-refractivity contribution is -0.127. The molecule has 2 atom stereocenters. The summed E-state index contributed by atoms with van der Waals surface area (Å²) in [5.74, 6) is -0.158. The molecule has 0 spiro atoms. The van der Waals surface area contributed by atoms with Crippen LogP contribution >= 0.6 is 0 Å². The summed E-state index contributed by atoms with van der Waals surface area (Å²) in [6, 6.07) is 7.18. The molecular weight excluding hydrogens is 254 g/mol. The second-order valence-electron chi connectivity index (χ2n) is 5.58. The van der Waals surface area contributed by atoms with Gasteiger partial charge in [0, 0.05) is 17.3 Å². The largest absolute Gasteiger partial charge is 0.399 e. The lowest BCUT2D eigenvalue weighted by Gasteiger charge is -2.44. The molecule has 1 aromatic rings. The van der Waals surface area contributed by atoms with E-state index in [1.54, 1.807) is 29.2 Å². The van der Waals surface area contributed by atoms with Gasteiger partial charge in [0.15, 0.2) is 0 Å². The molecule has 106 valence electrons. The van der Waals surface area contributed by atoms with Crippen molar-refractivity contribution in [1.29, 1.82) is 0 Å². The average molecular weight is 273 g/mol. The molecule has 0 radical (unpaired) electrons. The Morgan fingerprint density at radius 3 is 2.90 bits per heavy atom. The van der Waals surface area contributed by atoms with Gasteiger partial charge in [0.2, 0.25) is 5.91 Å². The number of hydrogen-bond donors (Lipinski definition) is 2. The Kier molecular flexibility index (Phi) is 3.34. The molecule has 2 aliphatic rings. The van der Waals surface area contributed by atoms with Crippen LogP contribution in [-0.2, 0) is 4.79 Å². The summed E-state index contributed by atoms with van der Waals surface area (Å²) in [6.45, 7) is 0.148. The Balaban J connectivity index is 1.86. The van der Waals surface area contributed by atoms with E-state index < -0.39 is 0 Å². The molecule has 0 bridgehead atoms. The highest BCUT2D eigenvalue weighted by atomic mass is 16.2. The number of carbonyl (C=O) groups excluding carboxylic acids is 2. The van der Waals surface area contributed by atoms with Crippen molar-refractivity contribution in [2.24, 2.45) is 0 Å². The first-order valence-electron chi connectivity index (χ1n) is 7.11. The summed E-state index contributed by atoms with van der Waals surface area (Å²) < 4.78 is 0. The number of nitrogen functional groups attached to an aromatic ring is 1. The molecule has 1 heterocycles. The molecule has 1 aromatic carbocycles. The molecule has 1 aliphatic carbocycles. The lowest BCUT2D eigenvalue weighted by Crippen LogP contribution is -2.62. The van der Waals surface area contributed by atoms with Crippen LogP contribution in [0.15, 0.2) is 24.3 Å². The first-order valence-corrected chi connectivity index (χ1v) is 7.11. The van der Waals surface area contributed by atoms with Crippen molar-refractivity contribution >= 4 is 17.5 Å². The zero-order valence-corrected chi connectivity index (χ0v) is 11.3. The highest BCUT2D eigenvalue weighted by Crippen LogP contribution is 2.27. The smallest absolute Gasteiger partial charge is 0.254 e. The number of carbonyl (C=O) groups is 2. The van der Waals surface area contributed by atoms with Gasteiger partial charge in [-0.25, -0.2) is 0 Å². The summed E-state index contributed by atoms with van der Waals surface area (Å²) in [5, 5.41) is 3.01. The number of hydrogen-bond acceptors (Lipinski definition) is 3. The molecule has 1 saturated carbocycles. The quantitative estimate of drug-likeness (QED) is 0.754. The molecule has 2 unspecified atom stereocenters. The SMILES string of the molecule is Nc1cccc(C(=O)N2CC(=O)NC3CCCCC32)c1. The third-order valence-corrected chi connectivity index (χ3v) is 4.18. The summed E-state index contributed by atoms with van der Waals surface area (Å²) >= 11 is 0. The fourth-order valence-corrected chi connectivity index (χ4v) is 3.24. The van der Waals surface area contributed by atoms with E-state index in [1.807, 2.05) is 0 Å². The van der Waals surface area contributed by atoms with Crippen LogP contribution in [0.1, 0.15) is 36.0 Å². The Morgan fingerprint density at radius 1 is 1.30 bits per heavy atom. The number of amides is 2. The number of nitrogens with two attached hydrogens (primary N) is 1. The maximum atomic E-state index is 12.6. The number of piperazine rings is 1. The van der Waals surface area contributed by atoms with Crippen LogP contribution in [0, 0.1) is 0 Å². The van der Waals surface area contributed by atoms with Gasteiger partial charge in [0.25, 0.3) is 5.91 Å². The normalized spacial score (nSPS) is 25.8. The second-order valence-corrected chi connectivity index (χ2v) is 5.58. The fourth-order valence-electron chi connectivity index (χ4n) is 3.24. The molecule has 1 aliphatic heterocycles. The van der Waals surface area contributed by atoms with E-state index in [0.717, 1.165) is 25.7 Å². The highest BCUT2D eigenvalue weighted by Gasteiger charge is 2.38. The van der Waals surface area contributed by atoms with Crippen molar-refractivity contribution in [3.05, 3.63) is 29.8 Å². The number of nitrogens with one attached hydrogen (secondary N) is 1. The maximum absolute atomic E-state index is 12.6. The van der Waals surface area contributed by atoms with Crippen LogP contribution in [0.2, 0.25) is 0 Å². The molecular formula is C15H19N3O2. The molecule has 0 aromatic heterocycles. The average Bonchev–Trinajstić information content (AvgIpc) is 2.45. The van der Waals surface area contributed by atoms with E-state index in [9.17, 15) is 9.59 Å². The highest BCUT2D eigenvalue weighted by molar-refractivity contribution is 5.98. The van der Waals surface area contributed by atoms with Crippen LogP contribution < -0.4 is 11.1 Å². The van der Waals surface area contributed by atoms with Crippen LogP contribution in [-0.4, -0.2) is 35.3 Å². The zero-order chi connectivity index (χ0) is 14.1. The number of anilines is 1. The Hall–Kier alpha value is -2.04. The molecule has 3 rings (SSSR count). The van der Waals surface area contributed by atoms with Crippen molar-refractivity contribution in [2.45, 2.75) is 37.8 Å². The fraction of sp³-hybridized carbons (Fsp3) is 0.467. The first-order chi connectivity index (χ1) is 9.65. The molecule has 3 N–H and O–H groups in total. The van der Waals surface area contributed by atoms with Crippen LogP contribution in [0.3, 0.4) is 0 Å². The van der Waals surface area contributed by atoms with Gasteiger partial charge in [0.05, 0.1) is 6.04 Å². The van der Waals surface area contributed by atoms with Crippen LogP contribution in [0.25, 0.3) is 0 Å². The third-order valence-electron chi connectivity index (χ3n) is 4.18. The third kappa shape index (κ3) is 2.35. The van der Waals surface area contributed by atoms with E-state index in [2.05, 4.69) is 5.32 Å². The first kappa shape index (κ1) is 13.0. The van der Waals surface area contributed by atoms with E-state index in [4.69, 9.17) is 5.73 Å². The van der Waals surface area contributed by atoms with Gasteiger partial charge in [-0.15, -0.1) is 0 Å². The van der Waals surface area contributed by atoms with E-state index >= 15 is 0 Å². The van der Waals surface area contributed by atoms with Gasteiger partial charge >= 0.3 is 0 Å². The number of fused-ring (bicyclic) bond motifs is 1. The number of rotatable bonds is 1. The lowest BCUT2D eigenvalue weighted by atomic mass is 9.87. The van der Waals surface area contributed by atoms with E-state index in [1.165, 1.54) is 0 Å². The van der Waals surface area contributed by atoms with E-state index in [-0.39, 0.29) is 30.4 Å². The standard InChI is InChI=1S/C15H19N3O2/c16-11-5-3-4-10(8-11)15(20)18-9-14(19)17-12-6-1-2-7-13(12)18/h3-5,8,12-13H,1-2,6-7,9,16H2,(H,17,19). The Bertz CT molecular complexity index is 544. The molecule has 1 saturated heterocycles. The van der Waals surface area contributed by atoms with Crippen LogP contribution in [0.4, 0.5) is 5.69 Å². The van der Waals surface area contributed by atoms with Gasteiger partial charge in [0.1, 0.15) is 6.54 Å². The minimum atomic E-state index is -0.0935. The predicted octanol–water partition coefficient (Wildman–Crippen LogP) is 1.15. The number of benzene rings is 1. The van der Waals surface area contributed by atoms with Crippen molar-refractivity contribution in [3.63, 3.8) is 0 Å². The summed E-state index contributed by atoms with van der Waals surface area (Å²) in [4.78, 5) is 26.2. The van der Waals surface area contributed by atoms with Crippen molar-refractivity contribution < 1.29 is 9.59 Å². The summed E-state index contributed by atoms with van der Waals surface area (Å²) in [5.41, 5.74) is 6.86. The zero-order valence-electron chi connectivity index (χ0n) is 11.3. The number of nitrogens with zero attached hydrogens (tertiary/aromatic N) is 1. The van der Waals surface area contributed by atoms with Gasteiger partial charge in [-0.1, -0.05) is 18.9 Å². The van der Waals surface area contributed by atoms with Crippen LogP contribution in [0.5, 0.6) is 0 Å². The van der Waals surface area contributed by atoms with Crippen molar-refractivity contribution in [3.8, 4) is 0 Å². The molecule has 2 amide bonds. The second kappa shape index (κ2) is 5.15. The molecule has 5 nitrogen and oxygen atoms in total. The predicted molar refractivity (Wildman–Crippen MR) is 76.1 cm³/mol. The Morgan fingerprint density at radius 2 is 2.10 bits per heavy atom. The van der Waals surface area contributed by atoms with Gasteiger partial charge in [-0.2, -0.15) is 0 Å². The van der Waals surface area contributed by atoms with Crippen molar-refractivity contribution in [1.82, 2.24) is 10.2 Å². The molecule has 5 heteroatoms. The van der Waals surface area contributed by atoms with Gasteiger partial charge < -0.3 is 16.0 Å². The summed E-state index contributed by atoms with van der Waals surface area (Å²) in [6.07, 6.45) is 4.13. The topological polar surface area (TPSA) is 75.4 Å². The van der Waals surface area contributed by atoms with Gasteiger partial charge in [-0.05, 0) is 31.0 Å². The van der Waals surface area contributed by atoms with E-state index in [0.29, 0.717) is 11.3 Å². The molecule has 20 heavy (non-hydrogen) atoms. The minimum Gasteiger partial charge on any atom is -0.399 e. The monoisotopic (exact) mass is 273 g/mol. The minimum absolute atomic E-state index is 0.0644. The summed E-state index contributed by atoms with van der Waals surface area (Å²) in [7, 11) is 0. The molecule has 2 fully saturated rings. The van der Waals surface area contributed by atoms with Gasteiger partial charge in [-0.3, -0.25) is 9.59 Å². The Labute approximate surface area is 118 Å². The maximum Gasteiger partial charge on any atom is 0.254 e. The van der Waals surface area contributed by atoms with Crippen molar-refractivity contribution in [2.75, 3.05) is 12.3 Å².